The van der Waals surface area contributed by atoms with Crippen LogP contribution in [0.5, 0.6) is 0 Å². The average Bonchev–Trinajstić information content (AvgIpc) is 3.17. The summed E-state index contributed by atoms with van der Waals surface area (Å²) in [6, 6.07) is 11.3. The summed E-state index contributed by atoms with van der Waals surface area (Å²) in [6.07, 6.45) is -4.53. The van der Waals surface area contributed by atoms with Crippen molar-refractivity contribution < 1.29 is 53.8 Å². The van der Waals surface area contributed by atoms with E-state index in [1.165, 1.54) is 0 Å². The average molecular weight is 811 g/mol. The van der Waals surface area contributed by atoms with Crippen LogP contribution in [0.3, 0.4) is 0 Å². The molecule has 1 aliphatic rings. The van der Waals surface area contributed by atoms with Crippen molar-refractivity contribution in [2.75, 3.05) is 59.3 Å². The van der Waals surface area contributed by atoms with Crippen LogP contribution in [0, 0.1) is 28.1 Å². The Morgan fingerprint density at radius 3 is 2.36 bits per heavy atom. The molecule has 8 atom stereocenters. The van der Waals surface area contributed by atoms with Crippen molar-refractivity contribution in [3.05, 3.63) is 46.3 Å². The Kier molecular flexibility index (Phi) is 20.5. The summed E-state index contributed by atoms with van der Waals surface area (Å²) in [4.78, 5) is 43.0. The van der Waals surface area contributed by atoms with E-state index in [1.54, 1.807) is 39.8 Å². The number of nitrogens with zero attached hydrogens (tertiary/aromatic N) is 4. The number of thiocarbonyl (C=S) groups is 1. The maximum absolute atomic E-state index is 14.1. The van der Waals surface area contributed by atoms with Gasteiger partial charge in [-0.1, -0.05) is 73.3 Å². The number of aliphatic hydroxyl groups is 4. The number of thioether (sulfide) groups is 1. The highest BCUT2D eigenvalue weighted by Crippen LogP contribution is 2.46. The highest BCUT2D eigenvalue weighted by molar-refractivity contribution is 8.25. The van der Waals surface area contributed by atoms with E-state index in [0.717, 1.165) is 11.8 Å². The minimum absolute atomic E-state index is 0.0303. The van der Waals surface area contributed by atoms with Gasteiger partial charge in [0.25, 0.3) is 0 Å². The van der Waals surface area contributed by atoms with E-state index in [-0.39, 0.29) is 78.4 Å². The van der Waals surface area contributed by atoms with Crippen molar-refractivity contribution in [2.24, 2.45) is 21.9 Å². The van der Waals surface area contributed by atoms with Gasteiger partial charge in [0.1, 0.15) is 12.2 Å². The Morgan fingerprint density at radius 2 is 1.73 bits per heavy atom. The molecule has 306 valence electrons. The molecule has 2 amide bonds. The largest absolute Gasteiger partial charge is 0.466 e. The fourth-order valence-electron chi connectivity index (χ4n) is 6.25. The molecule has 0 aliphatic carbocycles. The zero-order valence-electron chi connectivity index (χ0n) is 31.7. The Balaban J connectivity index is 2.20. The molecule has 1 aromatic rings. The first-order chi connectivity index (χ1) is 26.1. The Bertz CT molecular complexity index is 1500. The van der Waals surface area contributed by atoms with Gasteiger partial charge in [0.05, 0.1) is 72.7 Å². The third kappa shape index (κ3) is 15.2. The molecule has 1 aromatic carbocycles. The van der Waals surface area contributed by atoms with Crippen LogP contribution in [0.25, 0.3) is 10.4 Å². The summed E-state index contributed by atoms with van der Waals surface area (Å²) in [5.41, 5.74) is 6.50. The molecule has 2 rings (SSSR count). The molecular weight excluding hydrogens is 757 g/mol. The van der Waals surface area contributed by atoms with Crippen LogP contribution in [0.15, 0.2) is 35.4 Å². The van der Waals surface area contributed by atoms with Crippen LogP contribution in [0.4, 0.5) is 0 Å². The van der Waals surface area contributed by atoms with Crippen LogP contribution in [-0.2, 0) is 33.3 Å². The first kappa shape index (κ1) is 47.7. The summed E-state index contributed by atoms with van der Waals surface area (Å²) in [5.74, 6) is -2.12. The molecule has 0 spiro atoms. The van der Waals surface area contributed by atoms with Crippen LogP contribution in [0.1, 0.15) is 58.9 Å². The number of carbonyl (C=O) groups is 3. The van der Waals surface area contributed by atoms with E-state index >= 15 is 0 Å². The number of amides is 2. The SMILES string of the molecule is C[C@@H]1[C@@H](OCCOCCNC(=O)C(C)(CC(C)(CC(C)(C#N)CCC(=O)OCCN=[N+]=[N-])C(=O)NCCO)SC(=S)c2ccccc2)O[C@@H](CO)[C@@H](O)[C@H]1O. The van der Waals surface area contributed by atoms with Crippen LogP contribution >= 0.6 is 24.0 Å². The van der Waals surface area contributed by atoms with Gasteiger partial charge in [0, 0.05) is 35.8 Å². The van der Waals surface area contributed by atoms with Gasteiger partial charge < -0.3 is 50.0 Å². The molecule has 1 aliphatic heterocycles. The summed E-state index contributed by atoms with van der Waals surface area (Å²) >= 11 is 6.87. The fraction of sp³-hybridized carbons (Fsp3) is 0.694. The lowest BCUT2D eigenvalue weighted by Gasteiger charge is -2.40. The van der Waals surface area contributed by atoms with Gasteiger partial charge in [-0.15, -0.1) is 0 Å². The number of nitriles is 1. The molecule has 0 radical (unpaired) electrons. The summed E-state index contributed by atoms with van der Waals surface area (Å²) < 4.78 is 21.0. The molecule has 1 heterocycles. The minimum atomic E-state index is -1.39. The zero-order valence-corrected chi connectivity index (χ0v) is 33.4. The Labute approximate surface area is 331 Å². The first-order valence-electron chi connectivity index (χ1n) is 17.9. The second kappa shape index (κ2) is 23.6. The van der Waals surface area contributed by atoms with E-state index in [0.29, 0.717) is 9.76 Å². The lowest BCUT2D eigenvalue weighted by Crippen LogP contribution is -2.55. The van der Waals surface area contributed by atoms with Gasteiger partial charge >= 0.3 is 5.97 Å². The van der Waals surface area contributed by atoms with Crippen molar-refractivity contribution in [2.45, 2.75) is 82.7 Å². The number of benzene rings is 1. The van der Waals surface area contributed by atoms with Crippen LogP contribution in [0.2, 0.25) is 0 Å². The third-order valence-corrected chi connectivity index (χ3v) is 10.8. The number of hydrogen-bond acceptors (Lipinski definition) is 15. The number of nitrogens with one attached hydrogen (secondary N) is 2. The summed E-state index contributed by atoms with van der Waals surface area (Å²) in [5, 5.41) is 58.4. The highest BCUT2D eigenvalue weighted by atomic mass is 32.2. The quantitative estimate of drug-likeness (QED) is 0.0218. The molecule has 0 aromatic heterocycles. The van der Waals surface area contributed by atoms with Crippen molar-refractivity contribution in [1.82, 2.24) is 10.6 Å². The van der Waals surface area contributed by atoms with Crippen molar-refractivity contribution in [1.29, 1.82) is 5.26 Å². The second-order valence-electron chi connectivity index (χ2n) is 14.0. The highest BCUT2D eigenvalue weighted by Gasteiger charge is 2.49. The second-order valence-corrected chi connectivity index (χ2v) is 16.2. The van der Waals surface area contributed by atoms with E-state index in [9.17, 15) is 40.1 Å². The van der Waals surface area contributed by atoms with E-state index < -0.39 is 70.5 Å². The predicted molar refractivity (Wildman–Crippen MR) is 206 cm³/mol. The molecular formula is C36H54N6O11S2. The number of rotatable bonds is 24. The molecule has 17 nitrogen and oxygen atoms in total. The normalized spacial score (nSPS) is 22.7. The maximum atomic E-state index is 14.1. The Hall–Kier alpha value is -3.41. The summed E-state index contributed by atoms with van der Waals surface area (Å²) in [6.45, 7) is 5.85. The lowest BCUT2D eigenvalue weighted by atomic mass is 9.67. The van der Waals surface area contributed by atoms with Crippen molar-refractivity contribution in [3.63, 3.8) is 0 Å². The number of hydrogen-bond donors (Lipinski definition) is 6. The minimum Gasteiger partial charge on any atom is -0.466 e. The molecule has 1 saturated heterocycles. The molecule has 0 bridgehead atoms. The zero-order chi connectivity index (χ0) is 41.1. The lowest BCUT2D eigenvalue weighted by molar-refractivity contribution is -0.284. The topological polar surface area (TPSA) is 266 Å². The molecule has 0 saturated carbocycles. The van der Waals surface area contributed by atoms with Gasteiger partial charge in [-0.2, -0.15) is 5.26 Å². The molecule has 19 heteroatoms. The summed E-state index contributed by atoms with van der Waals surface area (Å²) in [7, 11) is 0. The molecule has 1 fully saturated rings. The number of azide groups is 1. The molecule has 3 unspecified atom stereocenters. The number of esters is 1. The molecule has 55 heavy (non-hydrogen) atoms. The van der Waals surface area contributed by atoms with Crippen LogP contribution < -0.4 is 10.6 Å². The van der Waals surface area contributed by atoms with E-state index in [1.807, 2.05) is 18.2 Å². The van der Waals surface area contributed by atoms with Gasteiger partial charge in [0.2, 0.25) is 11.8 Å². The van der Waals surface area contributed by atoms with Gasteiger partial charge in [-0.25, -0.2) is 0 Å². The first-order valence-corrected chi connectivity index (χ1v) is 19.2. The Morgan fingerprint density at radius 1 is 1.04 bits per heavy atom. The smallest absolute Gasteiger partial charge is 0.305 e. The number of ether oxygens (including phenoxy) is 4. The predicted octanol–water partition coefficient (Wildman–Crippen LogP) is 2.14. The molecule has 6 N–H and O–H groups in total. The third-order valence-electron chi connectivity index (χ3n) is 9.16. The van der Waals surface area contributed by atoms with Crippen molar-refractivity contribution in [3.8, 4) is 6.07 Å². The fourth-order valence-corrected chi connectivity index (χ4v) is 8.16. The number of carbonyl (C=O) groups excluding carboxylic acids is 3. The van der Waals surface area contributed by atoms with Crippen LogP contribution in [-0.4, -0.2) is 131 Å². The van der Waals surface area contributed by atoms with Gasteiger partial charge in [0.15, 0.2) is 6.29 Å². The monoisotopic (exact) mass is 810 g/mol. The number of aliphatic hydroxyl groups excluding tert-OH is 4. The van der Waals surface area contributed by atoms with E-state index in [4.69, 9.17) is 36.7 Å². The van der Waals surface area contributed by atoms with Crippen molar-refractivity contribution >= 4 is 46.0 Å². The van der Waals surface area contributed by atoms with Gasteiger partial charge in [-0.05, 0) is 44.2 Å². The van der Waals surface area contributed by atoms with Gasteiger partial charge in [-0.3, -0.25) is 14.4 Å². The maximum Gasteiger partial charge on any atom is 0.305 e. The standard InChI is InChI=1S/C36H54N6O11S2/c1-24-28(46)29(47)26(20-44)53-30(24)52-19-18-50-16-13-40-33(49)36(4,55-31(54)25-8-6-5-7-9-25)22-35(3,32(48)39-12-15-43)21-34(2,23-37)11-10-27(45)51-17-14-41-42-38/h5-9,24,26,28-30,43-44,46-47H,10-22H2,1-4H3,(H,39,48)(H,40,49)/t24-,26-,28-,29+,30-,34?,35?,36?/m0/s1. The van der Waals surface area contributed by atoms with E-state index in [2.05, 4.69) is 26.7 Å².